The van der Waals surface area contributed by atoms with Crippen molar-refractivity contribution in [2.24, 2.45) is 0 Å². The van der Waals surface area contributed by atoms with E-state index < -0.39 is 5.91 Å². The number of hydrogen-bond donors (Lipinski definition) is 1. The summed E-state index contributed by atoms with van der Waals surface area (Å²) in [7, 11) is 0. The summed E-state index contributed by atoms with van der Waals surface area (Å²) in [6, 6.07) is 18.7. The lowest BCUT2D eigenvalue weighted by Crippen LogP contribution is -2.15. The number of aromatic nitrogens is 5. The Morgan fingerprint density at radius 3 is 2.68 bits per heavy atom. The quantitative estimate of drug-likeness (QED) is 0.576. The number of amides is 1. The highest BCUT2D eigenvalue weighted by molar-refractivity contribution is 9.10. The van der Waals surface area contributed by atoms with Crippen molar-refractivity contribution in [3.63, 3.8) is 0 Å². The van der Waals surface area contributed by atoms with Crippen molar-refractivity contribution in [3.05, 3.63) is 71.0 Å². The Hall–Kier alpha value is -3.13. The van der Waals surface area contributed by atoms with E-state index in [1.165, 1.54) is 4.80 Å². The lowest BCUT2D eigenvalue weighted by atomic mass is 10.2. The molecule has 8 heteroatoms. The number of tetrazole rings is 1. The maximum absolute atomic E-state index is 12.3. The number of anilines is 1. The van der Waals surface area contributed by atoms with E-state index in [4.69, 9.17) is 0 Å². The third-order valence-corrected chi connectivity index (χ3v) is 4.20. The van der Waals surface area contributed by atoms with E-state index in [-0.39, 0.29) is 5.82 Å². The summed E-state index contributed by atoms with van der Waals surface area (Å²) in [4.78, 5) is 18.0. The highest BCUT2D eigenvalue weighted by Crippen LogP contribution is 2.18. The molecule has 0 bridgehead atoms. The van der Waals surface area contributed by atoms with Crippen LogP contribution in [0.15, 0.2) is 65.1 Å². The number of nitrogens with one attached hydrogen (secondary N) is 1. The fourth-order valence-corrected chi connectivity index (χ4v) is 2.77. The first-order valence-corrected chi connectivity index (χ1v) is 8.22. The molecule has 7 nitrogen and oxygen atoms in total. The summed E-state index contributed by atoms with van der Waals surface area (Å²) in [5, 5.41) is 15.6. The number of pyridine rings is 1. The van der Waals surface area contributed by atoms with Crippen LogP contribution in [0.4, 0.5) is 5.82 Å². The molecule has 0 unspecified atom stereocenters. The Bertz CT molecular complexity index is 1080. The highest BCUT2D eigenvalue weighted by atomic mass is 79.9. The summed E-state index contributed by atoms with van der Waals surface area (Å²) in [5.74, 6) is -0.0762. The summed E-state index contributed by atoms with van der Waals surface area (Å²) < 4.78 is 0.801. The molecule has 0 aliphatic heterocycles. The molecule has 0 radical (unpaired) electrons. The average Bonchev–Trinajstić information content (AvgIpc) is 3.12. The molecule has 1 N–H and O–H groups in total. The summed E-state index contributed by atoms with van der Waals surface area (Å²) in [6.07, 6.45) is 0. The normalized spacial score (nSPS) is 10.8. The first-order valence-electron chi connectivity index (χ1n) is 7.43. The zero-order chi connectivity index (χ0) is 17.2. The van der Waals surface area contributed by atoms with Crippen LogP contribution in [0.3, 0.4) is 0 Å². The molecular formula is C17H11BrN6O. The van der Waals surface area contributed by atoms with E-state index in [9.17, 15) is 4.79 Å². The minimum absolute atomic E-state index is 0.0364. The molecule has 1 amide bonds. The predicted octanol–water partition coefficient (Wildman–Crippen LogP) is 3.23. The van der Waals surface area contributed by atoms with Crippen LogP contribution in [0.2, 0.25) is 0 Å². The maximum Gasteiger partial charge on any atom is 0.298 e. The number of hydrogen-bond acceptors (Lipinski definition) is 5. The molecule has 0 fully saturated rings. The molecule has 4 aromatic rings. The largest absolute Gasteiger partial charge is 0.304 e. The van der Waals surface area contributed by atoms with Crippen LogP contribution < -0.4 is 5.32 Å². The van der Waals surface area contributed by atoms with Crippen LogP contribution in [-0.2, 0) is 0 Å². The van der Waals surface area contributed by atoms with Gasteiger partial charge in [0.05, 0.1) is 5.52 Å². The van der Waals surface area contributed by atoms with Gasteiger partial charge in [-0.05, 0) is 51.5 Å². The van der Waals surface area contributed by atoms with E-state index in [1.54, 1.807) is 6.07 Å². The van der Waals surface area contributed by atoms with Gasteiger partial charge in [-0.25, -0.2) is 4.98 Å². The van der Waals surface area contributed by atoms with Gasteiger partial charge in [0, 0.05) is 9.86 Å². The summed E-state index contributed by atoms with van der Waals surface area (Å²) in [5.41, 5.74) is 1.49. The molecule has 0 aliphatic rings. The fourth-order valence-electron chi connectivity index (χ4n) is 2.33. The molecule has 2 heterocycles. The summed E-state index contributed by atoms with van der Waals surface area (Å²) >= 11 is 3.42. The van der Waals surface area contributed by atoms with Crippen molar-refractivity contribution in [2.45, 2.75) is 0 Å². The van der Waals surface area contributed by atoms with Gasteiger partial charge in [0.25, 0.3) is 11.7 Å². The zero-order valence-electron chi connectivity index (χ0n) is 12.8. The molecule has 2 aromatic carbocycles. The molecule has 0 aliphatic carbocycles. The van der Waals surface area contributed by atoms with Crippen molar-refractivity contribution < 1.29 is 4.79 Å². The number of carbonyl (C=O) groups excluding carboxylic acids is 1. The van der Waals surface area contributed by atoms with Gasteiger partial charge in [-0.15, -0.1) is 15.0 Å². The van der Waals surface area contributed by atoms with Crippen LogP contribution in [0.1, 0.15) is 10.6 Å². The predicted molar refractivity (Wildman–Crippen MR) is 96.6 cm³/mol. The monoisotopic (exact) mass is 394 g/mol. The second-order valence-electron chi connectivity index (χ2n) is 5.20. The number of halogens is 1. The van der Waals surface area contributed by atoms with Crippen LogP contribution in [0, 0.1) is 0 Å². The Balaban J connectivity index is 1.58. The third kappa shape index (κ3) is 3.11. The Labute approximate surface area is 150 Å². The second kappa shape index (κ2) is 6.40. The number of para-hydroxylation sites is 2. The van der Waals surface area contributed by atoms with Crippen LogP contribution >= 0.6 is 15.9 Å². The van der Waals surface area contributed by atoms with Crippen molar-refractivity contribution in [3.8, 4) is 5.69 Å². The van der Waals surface area contributed by atoms with Crippen molar-refractivity contribution in [1.29, 1.82) is 0 Å². The van der Waals surface area contributed by atoms with Crippen LogP contribution in [0.5, 0.6) is 0 Å². The highest BCUT2D eigenvalue weighted by Gasteiger charge is 2.15. The van der Waals surface area contributed by atoms with Gasteiger partial charge in [-0.1, -0.05) is 30.3 Å². The van der Waals surface area contributed by atoms with Gasteiger partial charge in [0.2, 0.25) is 0 Å². The van der Waals surface area contributed by atoms with Crippen molar-refractivity contribution in [1.82, 2.24) is 25.2 Å². The van der Waals surface area contributed by atoms with E-state index in [1.807, 2.05) is 54.6 Å². The summed E-state index contributed by atoms with van der Waals surface area (Å²) in [6.45, 7) is 0. The minimum Gasteiger partial charge on any atom is -0.304 e. The lowest BCUT2D eigenvalue weighted by molar-refractivity contribution is 0.101. The standard InChI is InChI=1S/C17H11BrN6O/c18-12-6-2-4-8-14(12)24-22-16(21-23-24)17(25)20-15-10-9-11-5-1-3-7-13(11)19-15/h1-10H,(H,19,20,25). The molecule has 122 valence electrons. The van der Waals surface area contributed by atoms with Crippen LogP contribution in [-0.4, -0.2) is 31.1 Å². The van der Waals surface area contributed by atoms with Gasteiger partial charge in [0.15, 0.2) is 0 Å². The van der Waals surface area contributed by atoms with Gasteiger partial charge in [-0.3, -0.25) is 4.79 Å². The fraction of sp³-hybridized carbons (Fsp3) is 0. The van der Waals surface area contributed by atoms with Gasteiger partial charge in [-0.2, -0.15) is 0 Å². The maximum atomic E-state index is 12.3. The topological polar surface area (TPSA) is 85.6 Å². The molecule has 4 rings (SSSR count). The minimum atomic E-state index is -0.471. The number of fused-ring (bicyclic) bond motifs is 1. The third-order valence-electron chi connectivity index (χ3n) is 3.52. The molecule has 0 spiro atoms. The van der Waals surface area contributed by atoms with Gasteiger partial charge in [0.1, 0.15) is 11.5 Å². The van der Waals surface area contributed by atoms with E-state index in [0.717, 1.165) is 15.4 Å². The molecule has 0 atom stereocenters. The molecule has 25 heavy (non-hydrogen) atoms. The second-order valence-corrected chi connectivity index (χ2v) is 6.05. The molecular weight excluding hydrogens is 384 g/mol. The Kier molecular flexibility index (Phi) is 3.95. The first-order chi connectivity index (χ1) is 12.2. The van der Waals surface area contributed by atoms with E-state index in [0.29, 0.717) is 11.5 Å². The van der Waals surface area contributed by atoms with Crippen LogP contribution in [0.25, 0.3) is 16.6 Å². The number of rotatable bonds is 3. The van der Waals surface area contributed by atoms with E-state index in [2.05, 4.69) is 41.6 Å². The number of benzene rings is 2. The Morgan fingerprint density at radius 2 is 1.80 bits per heavy atom. The average molecular weight is 395 g/mol. The molecule has 0 saturated heterocycles. The number of nitrogens with zero attached hydrogens (tertiary/aromatic N) is 5. The molecule has 0 saturated carbocycles. The molecule has 2 aromatic heterocycles. The van der Waals surface area contributed by atoms with E-state index >= 15 is 0 Å². The van der Waals surface area contributed by atoms with Gasteiger partial charge >= 0.3 is 0 Å². The zero-order valence-corrected chi connectivity index (χ0v) is 14.4. The first kappa shape index (κ1) is 15.4. The number of carbonyl (C=O) groups is 1. The smallest absolute Gasteiger partial charge is 0.298 e. The van der Waals surface area contributed by atoms with Gasteiger partial charge < -0.3 is 5.32 Å². The lowest BCUT2D eigenvalue weighted by Gasteiger charge is -2.03. The van der Waals surface area contributed by atoms with Crippen molar-refractivity contribution >= 4 is 38.6 Å². The SMILES string of the molecule is O=C(Nc1ccc2ccccc2n1)c1nnn(-c2ccccc2Br)n1. The Morgan fingerprint density at radius 1 is 1.00 bits per heavy atom. The van der Waals surface area contributed by atoms with Crippen molar-refractivity contribution in [2.75, 3.05) is 5.32 Å².